The zero-order valence-electron chi connectivity index (χ0n) is 25.2. The average molecular weight is 613 g/mol. The van der Waals surface area contributed by atoms with Crippen molar-refractivity contribution >= 4 is 35.6 Å². The van der Waals surface area contributed by atoms with Crippen LogP contribution < -0.4 is 0 Å². The highest BCUT2D eigenvalue weighted by atomic mass is 16.7. The second kappa shape index (κ2) is 14.0. The number of ether oxygens (including phenoxy) is 7. The molecule has 1 saturated carbocycles. The smallest absolute Gasteiger partial charge is 0.334 e. The first kappa shape index (κ1) is 34.1. The van der Waals surface area contributed by atoms with Gasteiger partial charge in [0.1, 0.15) is 24.6 Å². The first-order chi connectivity index (χ1) is 20.0. The van der Waals surface area contributed by atoms with Gasteiger partial charge in [-0.1, -0.05) is 13.5 Å². The molecule has 14 heteroatoms. The summed E-state index contributed by atoms with van der Waals surface area (Å²) in [5, 5.41) is 11.0. The van der Waals surface area contributed by atoms with E-state index in [9.17, 15) is 33.9 Å². The van der Waals surface area contributed by atoms with Crippen LogP contribution in [0, 0.1) is 17.8 Å². The molecule has 1 aliphatic carbocycles. The molecule has 0 spiro atoms. The van der Waals surface area contributed by atoms with Crippen LogP contribution in [0.2, 0.25) is 0 Å². The third-order valence-electron chi connectivity index (χ3n) is 7.77. The van der Waals surface area contributed by atoms with Crippen LogP contribution >= 0.6 is 0 Å². The average Bonchev–Trinajstić information content (AvgIpc) is 3.30. The van der Waals surface area contributed by atoms with Gasteiger partial charge < -0.3 is 38.3 Å². The molecular weight excluding hydrogens is 572 g/mol. The van der Waals surface area contributed by atoms with Crippen molar-refractivity contribution in [1.29, 1.82) is 0 Å². The van der Waals surface area contributed by atoms with E-state index >= 15 is 0 Å². The van der Waals surface area contributed by atoms with Gasteiger partial charge in [-0.25, -0.2) is 4.79 Å². The molecule has 3 rings (SSSR count). The molecule has 3 aliphatic rings. The summed E-state index contributed by atoms with van der Waals surface area (Å²) < 4.78 is 38.2. The number of hydrogen-bond donors (Lipinski definition) is 1. The minimum Gasteiger partial charge on any atom is -0.463 e. The molecule has 0 aromatic carbocycles. The van der Waals surface area contributed by atoms with Crippen LogP contribution in [0.1, 0.15) is 60.8 Å². The number of carbonyl (C=O) groups excluding carboxylic acids is 6. The van der Waals surface area contributed by atoms with E-state index in [2.05, 4.69) is 6.58 Å². The maximum absolute atomic E-state index is 13.4. The number of aliphatic hydroxyl groups is 1. The molecule has 0 aromatic heterocycles. The van der Waals surface area contributed by atoms with E-state index in [0.717, 1.165) is 20.8 Å². The molecule has 0 aromatic rings. The zero-order chi connectivity index (χ0) is 32.2. The minimum atomic E-state index is -1.37. The second-order valence-corrected chi connectivity index (χ2v) is 11.4. The Labute approximate surface area is 249 Å². The Bertz CT molecular complexity index is 1130. The fourth-order valence-electron chi connectivity index (χ4n) is 6.00. The van der Waals surface area contributed by atoms with E-state index in [0.29, 0.717) is 12.8 Å². The molecule has 240 valence electrons. The van der Waals surface area contributed by atoms with Gasteiger partial charge in [-0.3, -0.25) is 24.0 Å². The van der Waals surface area contributed by atoms with Crippen molar-refractivity contribution in [1.82, 2.24) is 0 Å². The van der Waals surface area contributed by atoms with Gasteiger partial charge in [0.25, 0.3) is 0 Å². The van der Waals surface area contributed by atoms with E-state index < -0.39 is 90.0 Å². The number of carbonyl (C=O) groups is 6. The summed E-state index contributed by atoms with van der Waals surface area (Å²) >= 11 is 0. The quantitative estimate of drug-likeness (QED) is 0.142. The topological polar surface area (TPSA) is 187 Å². The van der Waals surface area contributed by atoms with E-state index in [1.165, 1.54) is 6.92 Å². The molecule has 2 aliphatic heterocycles. The normalized spacial score (nSPS) is 34.0. The molecule has 2 heterocycles. The molecular formula is C29H40O14. The van der Waals surface area contributed by atoms with Crippen molar-refractivity contribution in [2.24, 2.45) is 17.8 Å². The van der Waals surface area contributed by atoms with Crippen LogP contribution in [0.4, 0.5) is 0 Å². The monoisotopic (exact) mass is 612 g/mol. The molecule has 0 radical (unpaired) electrons. The Kier molecular flexibility index (Phi) is 11.1. The Hall–Kier alpha value is -3.36. The van der Waals surface area contributed by atoms with E-state index in [1.807, 2.05) is 0 Å². The highest BCUT2D eigenvalue weighted by Gasteiger charge is 2.60. The summed E-state index contributed by atoms with van der Waals surface area (Å²) in [6.45, 7) is 11.2. The number of hydrogen-bond acceptors (Lipinski definition) is 14. The summed E-state index contributed by atoms with van der Waals surface area (Å²) in [5.41, 5.74) is -1.19. The molecule has 14 nitrogen and oxygen atoms in total. The predicted octanol–water partition coefficient (Wildman–Crippen LogP) is 0.940. The van der Waals surface area contributed by atoms with E-state index in [1.54, 1.807) is 13.8 Å². The summed E-state index contributed by atoms with van der Waals surface area (Å²) in [5.74, 6) is -5.67. The Morgan fingerprint density at radius 3 is 2.14 bits per heavy atom. The Morgan fingerprint density at radius 2 is 1.56 bits per heavy atom. The lowest BCUT2D eigenvalue weighted by atomic mass is 9.76. The van der Waals surface area contributed by atoms with E-state index in [-0.39, 0.29) is 31.0 Å². The molecule has 0 bridgehead atoms. The highest BCUT2D eigenvalue weighted by Crippen LogP contribution is 2.50. The maximum Gasteiger partial charge on any atom is 0.334 e. The maximum atomic E-state index is 13.4. The fraction of sp³-hybridized carbons (Fsp3) is 0.724. The van der Waals surface area contributed by atoms with Crippen LogP contribution in [0.15, 0.2) is 12.2 Å². The highest BCUT2D eigenvalue weighted by molar-refractivity contribution is 5.94. The number of Topliss-reactive ketones (excluding diaryl/α,β-unsaturated/α-hetero) is 1. The molecule has 2 saturated heterocycles. The van der Waals surface area contributed by atoms with Crippen molar-refractivity contribution in [3.63, 3.8) is 0 Å². The fourth-order valence-corrected chi connectivity index (χ4v) is 6.00. The summed E-state index contributed by atoms with van der Waals surface area (Å²) in [7, 11) is 0. The van der Waals surface area contributed by atoms with Crippen LogP contribution in [0.5, 0.6) is 0 Å². The van der Waals surface area contributed by atoms with Crippen LogP contribution in [0.3, 0.4) is 0 Å². The molecule has 3 fully saturated rings. The van der Waals surface area contributed by atoms with Crippen LogP contribution in [-0.2, 0) is 61.9 Å². The SMILES string of the molecule is C=C1C(=O)O[C@@H]2C[C@@](C)(O)[C@H](C(=O)C(C)CCCO[C@@H]3O[C@H](COC(C)=O)[C@@H](OC(C)=O)[C@H](OC(C)=O)[C@H]3OC(C)=O)C12. The van der Waals surface area contributed by atoms with Gasteiger partial charge in [0.15, 0.2) is 24.6 Å². The lowest BCUT2D eigenvalue weighted by Gasteiger charge is -2.44. The van der Waals surface area contributed by atoms with Crippen molar-refractivity contribution < 1.29 is 67.0 Å². The summed E-state index contributed by atoms with van der Waals surface area (Å²) in [4.78, 5) is 72.7. The molecule has 10 atom stereocenters. The first-order valence-corrected chi connectivity index (χ1v) is 14.1. The van der Waals surface area contributed by atoms with Gasteiger partial charge >= 0.3 is 29.8 Å². The molecule has 0 amide bonds. The van der Waals surface area contributed by atoms with Gasteiger partial charge in [-0.15, -0.1) is 0 Å². The molecule has 2 unspecified atom stereocenters. The van der Waals surface area contributed by atoms with Gasteiger partial charge in [0.2, 0.25) is 0 Å². The van der Waals surface area contributed by atoms with Crippen LogP contribution in [0.25, 0.3) is 0 Å². The van der Waals surface area contributed by atoms with Gasteiger partial charge in [0.05, 0.1) is 11.5 Å². The van der Waals surface area contributed by atoms with Gasteiger partial charge in [-0.05, 0) is 19.8 Å². The Balaban J connectivity index is 1.71. The predicted molar refractivity (Wildman–Crippen MR) is 143 cm³/mol. The number of esters is 5. The third-order valence-corrected chi connectivity index (χ3v) is 7.77. The van der Waals surface area contributed by atoms with Gasteiger partial charge in [0, 0.05) is 58.1 Å². The number of fused-ring (bicyclic) bond motifs is 1. The lowest BCUT2D eigenvalue weighted by Crippen LogP contribution is -2.63. The first-order valence-electron chi connectivity index (χ1n) is 14.1. The Morgan fingerprint density at radius 1 is 0.977 bits per heavy atom. The summed E-state index contributed by atoms with van der Waals surface area (Å²) in [6.07, 6.45) is -6.29. The number of rotatable bonds is 12. The largest absolute Gasteiger partial charge is 0.463 e. The molecule has 1 N–H and O–H groups in total. The van der Waals surface area contributed by atoms with Crippen LogP contribution in [-0.4, -0.2) is 96.4 Å². The van der Waals surface area contributed by atoms with Crippen molar-refractivity contribution in [2.75, 3.05) is 13.2 Å². The minimum absolute atomic E-state index is 0.00716. The van der Waals surface area contributed by atoms with Crippen molar-refractivity contribution in [3.05, 3.63) is 12.2 Å². The molecule has 43 heavy (non-hydrogen) atoms. The number of ketones is 1. The lowest BCUT2D eigenvalue weighted by molar-refractivity contribution is -0.308. The van der Waals surface area contributed by atoms with Crippen molar-refractivity contribution in [3.8, 4) is 0 Å². The zero-order valence-corrected chi connectivity index (χ0v) is 25.2. The summed E-state index contributed by atoms with van der Waals surface area (Å²) in [6, 6.07) is 0. The standard InChI is InChI=1S/C29H40O14/c1-13(23(34)22-21-14(2)27(35)42-19(21)11-29(22,7)36)9-8-10-37-28-26(41-18(6)33)25(40-17(5)32)24(39-16(4)31)20(43-28)12-38-15(3)30/h13,19-22,24-26,28,36H,2,8-12H2,1,3-7H3/t13?,19-,20-,21?,22+,24-,25+,26-,28-,29-/m1/s1. The second-order valence-electron chi connectivity index (χ2n) is 11.4. The van der Waals surface area contributed by atoms with E-state index in [4.69, 9.17) is 33.2 Å². The van der Waals surface area contributed by atoms with Gasteiger partial charge in [-0.2, -0.15) is 0 Å². The third kappa shape index (κ3) is 8.18. The van der Waals surface area contributed by atoms with Crippen molar-refractivity contribution in [2.45, 2.75) is 103 Å².